The number of hydrogen-bond acceptors (Lipinski definition) is 2. The quantitative estimate of drug-likeness (QED) is 0.272. The van der Waals surface area contributed by atoms with Crippen LogP contribution in [-0.4, -0.2) is 11.7 Å². The van der Waals surface area contributed by atoms with Gasteiger partial charge in [0.05, 0.1) is 5.69 Å². The van der Waals surface area contributed by atoms with E-state index in [1.807, 2.05) is 18.3 Å². The minimum Gasteiger partial charge on any atom is -0.458 e. The Kier molecular flexibility index (Phi) is 6.27. The molecule has 0 aliphatic carbocycles. The van der Waals surface area contributed by atoms with Crippen molar-refractivity contribution in [2.24, 2.45) is 0 Å². The first-order valence-electron chi connectivity index (χ1n) is 12.9. The largest absolute Gasteiger partial charge is 0.458 e. The van der Waals surface area contributed by atoms with Crippen LogP contribution in [0.4, 0.5) is 0 Å². The molecule has 3 heteroatoms. The van der Waals surface area contributed by atoms with Crippen LogP contribution in [0.25, 0.3) is 11.3 Å². The Labute approximate surface area is 210 Å². The summed E-state index contributed by atoms with van der Waals surface area (Å²) >= 11 is 0. The summed E-state index contributed by atoms with van der Waals surface area (Å²) in [6, 6.07) is 26.0. The van der Waals surface area contributed by atoms with Gasteiger partial charge in [0.15, 0.2) is 0 Å². The van der Waals surface area contributed by atoms with E-state index in [9.17, 15) is 0 Å². The van der Waals surface area contributed by atoms with Gasteiger partial charge >= 0.3 is 0 Å². The van der Waals surface area contributed by atoms with E-state index in [1.54, 1.807) is 0 Å². The number of pyridine rings is 1. The number of nitrogens with zero attached hydrogens (tertiary/aromatic N) is 1. The number of aromatic nitrogens is 1. The van der Waals surface area contributed by atoms with Crippen LogP contribution >= 0.6 is 0 Å². The Hall–Kier alpha value is -3.33. The summed E-state index contributed by atoms with van der Waals surface area (Å²) in [4.78, 5) is 4.65. The molecule has 0 saturated heterocycles. The Bertz CT molecular complexity index is 1330. The molecular weight excluding hydrogens is 425 g/mol. The molecule has 5 rings (SSSR count). The highest BCUT2D eigenvalue weighted by Crippen LogP contribution is 2.35. The molecule has 1 aliphatic rings. The predicted molar refractivity (Wildman–Crippen MR) is 150 cm³/mol. The fraction of sp³-hybridized carbons (Fsp3) is 0.281. The highest BCUT2D eigenvalue weighted by atomic mass is 16.5. The zero-order valence-electron chi connectivity index (χ0n) is 21.7. The van der Waals surface area contributed by atoms with E-state index in [-0.39, 0.29) is 6.71 Å². The SMILES string of the molecule is CC(C)c1cc(C(C)C)c(B2c3ccccc3Oc3c2cccc3-c2ccccn2)c(C(C)C)c1. The number of ether oxygens (including phenoxy) is 1. The molecule has 0 fully saturated rings. The van der Waals surface area contributed by atoms with Gasteiger partial charge < -0.3 is 4.74 Å². The van der Waals surface area contributed by atoms with E-state index in [4.69, 9.17) is 4.74 Å². The smallest absolute Gasteiger partial charge is 0.251 e. The van der Waals surface area contributed by atoms with Crippen molar-refractivity contribution in [2.45, 2.75) is 59.3 Å². The highest BCUT2D eigenvalue weighted by molar-refractivity contribution is 6.97. The van der Waals surface area contributed by atoms with Gasteiger partial charge in [-0.25, -0.2) is 0 Å². The predicted octanol–water partition coefficient (Wildman–Crippen LogP) is 6.74. The third-order valence-corrected chi connectivity index (χ3v) is 7.21. The van der Waals surface area contributed by atoms with E-state index in [1.165, 1.54) is 33.1 Å². The molecule has 2 nitrogen and oxygen atoms in total. The first-order chi connectivity index (χ1) is 16.9. The van der Waals surface area contributed by atoms with Gasteiger partial charge in [-0.15, -0.1) is 0 Å². The van der Waals surface area contributed by atoms with Gasteiger partial charge in [0.2, 0.25) is 0 Å². The Balaban J connectivity index is 1.85. The summed E-state index contributed by atoms with van der Waals surface area (Å²) < 4.78 is 6.64. The van der Waals surface area contributed by atoms with Crippen LogP contribution in [0.3, 0.4) is 0 Å². The van der Waals surface area contributed by atoms with Gasteiger partial charge in [0.25, 0.3) is 6.71 Å². The molecule has 35 heavy (non-hydrogen) atoms. The maximum atomic E-state index is 6.64. The Morgan fingerprint density at radius 3 is 1.97 bits per heavy atom. The van der Waals surface area contributed by atoms with E-state index < -0.39 is 0 Å². The van der Waals surface area contributed by atoms with Crippen molar-refractivity contribution in [3.05, 3.63) is 95.7 Å². The lowest BCUT2D eigenvalue weighted by Gasteiger charge is -2.32. The van der Waals surface area contributed by atoms with E-state index in [0.717, 1.165) is 22.8 Å². The second kappa shape index (κ2) is 9.38. The zero-order valence-corrected chi connectivity index (χ0v) is 21.7. The summed E-state index contributed by atoms with van der Waals surface area (Å²) in [6.45, 7) is 14.0. The number of rotatable bonds is 5. The number of para-hydroxylation sites is 2. The summed E-state index contributed by atoms with van der Waals surface area (Å²) in [5, 5.41) is 0. The lowest BCUT2D eigenvalue weighted by atomic mass is 9.33. The molecule has 0 N–H and O–H groups in total. The van der Waals surface area contributed by atoms with Crippen LogP contribution in [0.2, 0.25) is 0 Å². The highest BCUT2D eigenvalue weighted by Gasteiger charge is 2.37. The average molecular weight is 459 g/mol. The molecule has 1 aromatic heterocycles. The van der Waals surface area contributed by atoms with Crippen LogP contribution in [0.1, 0.15) is 76.0 Å². The van der Waals surface area contributed by atoms with Crippen LogP contribution in [-0.2, 0) is 0 Å². The van der Waals surface area contributed by atoms with Crippen LogP contribution < -0.4 is 21.1 Å². The van der Waals surface area contributed by atoms with Gasteiger partial charge in [-0.1, -0.05) is 95.5 Å². The Morgan fingerprint density at radius 2 is 1.34 bits per heavy atom. The molecule has 0 unspecified atom stereocenters. The molecule has 0 saturated carbocycles. The van der Waals surface area contributed by atoms with Gasteiger partial charge in [-0.3, -0.25) is 4.98 Å². The van der Waals surface area contributed by atoms with Crippen LogP contribution in [0.5, 0.6) is 11.5 Å². The first-order valence-corrected chi connectivity index (χ1v) is 12.9. The topological polar surface area (TPSA) is 22.1 Å². The standard InChI is InChI=1S/C32H34BNO/c1-20(2)23-18-25(21(3)4)31(26(19-23)22(5)6)33-27-13-7-8-16-30(27)35-32-24(12-11-14-28(32)33)29-15-9-10-17-34-29/h7-22H,1-6H3. The maximum Gasteiger partial charge on any atom is 0.251 e. The van der Waals surface area contributed by atoms with E-state index in [2.05, 4.69) is 107 Å². The second-order valence-electron chi connectivity index (χ2n) is 10.6. The summed E-state index contributed by atoms with van der Waals surface area (Å²) in [6.07, 6.45) is 1.85. The molecule has 176 valence electrons. The van der Waals surface area contributed by atoms with Crippen molar-refractivity contribution in [1.82, 2.24) is 4.98 Å². The minimum atomic E-state index is 0.106. The molecule has 1 aliphatic heterocycles. The van der Waals surface area contributed by atoms with E-state index in [0.29, 0.717) is 17.8 Å². The first kappa shape index (κ1) is 23.4. The molecule has 0 amide bonds. The van der Waals surface area contributed by atoms with Gasteiger partial charge in [-0.05, 0) is 69.6 Å². The fourth-order valence-electron chi connectivity index (χ4n) is 5.37. The monoisotopic (exact) mass is 459 g/mol. The van der Waals surface area contributed by atoms with Crippen molar-refractivity contribution >= 4 is 23.1 Å². The molecule has 0 spiro atoms. The van der Waals surface area contributed by atoms with Gasteiger partial charge in [-0.2, -0.15) is 0 Å². The van der Waals surface area contributed by atoms with Crippen molar-refractivity contribution in [2.75, 3.05) is 0 Å². The average Bonchev–Trinajstić information content (AvgIpc) is 2.86. The van der Waals surface area contributed by atoms with Crippen molar-refractivity contribution in [1.29, 1.82) is 0 Å². The third-order valence-electron chi connectivity index (χ3n) is 7.21. The molecule has 0 bridgehead atoms. The molecule has 4 aromatic rings. The maximum absolute atomic E-state index is 6.64. The lowest BCUT2D eigenvalue weighted by molar-refractivity contribution is 0.489. The number of fused-ring (bicyclic) bond motifs is 2. The van der Waals surface area contributed by atoms with Crippen LogP contribution in [0.15, 0.2) is 79.0 Å². The zero-order chi connectivity index (χ0) is 24.7. The third kappa shape index (κ3) is 4.18. The molecular formula is C32H34BNO. The minimum absolute atomic E-state index is 0.106. The molecule has 0 atom stereocenters. The van der Waals surface area contributed by atoms with E-state index >= 15 is 0 Å². The molecule has 2 heterocycles. The fourth-order valence-corrected chi connectivity index (χ4v) is 5.37. The van der Waals surface area contributed by atoms with Crippen LogP contribution in [0, 0.1) is 0 Å². The van der Waals surface area contributed by atoms with Crippen molar-refractivity contribution < 1.29 is 4.74 Å². The van der Waals surface area contributed by atoms with Gasteiger partial charge in [0.1, 0.15) is 11.5 Å². The van der Waals surface area contributed by atoms with Crippen molar-refractivity contribution in [3.63, 3.8) is 0 Å². The summed E-state index contributed by atoms with van der Waals surface area (Å²) in [7, 11) is 0. The summed E-state index contributed by atoms with van der Waals surface area (Å²) in [5.41, 5.74) is 10.2. The molecule has 0 radical (unpaired) electrons. The second-order valence-corrected chi connectivity index (χ2v) is 10.6. The van der Waals surface area contributed by atoms with Gasteiger partial charge in [0, 0.05) is 11.8 Å². The number of benzene rings is 3. The summed E-state index contributed by atoms with van der Waals surface area (Å²) in [5.74, 6) is 3.18. The normalized spacial score (nSPS) is 12.7. The van der Waals surface area contributed by atoms with Crippen molar-refractivity contribution in [3.8, 4) is 22.8 Å². The lowest BCUT2D eigenvalue weighted by Crippen LogP contribution is -2.57. The number of hydrogen-bond donors (Lipinski definition) is 0. The molecule has 3 aromatic carbocycles. The Morgan fingerprint density at radius 1 is 0.686 bits per heavy atom.